The van der Waals surface area contributed by atoms with Crippen LogP contribution in [-0.4, -0.2) is 41.0 Å². The first kappa shape index (κ1) is 14.5. The van der Waals surface area contributed by atoms with E-state index in [0.29, 0.717) is 16.6 Å². The summed E-state index contributed by atoms with van der Waals surface area (Å²) in [5, 5.41) is 3.76. The highest BCUT2D eigenvalue weighted by Crippen LogP contribution is 2.17. The molecule has 2 aromatic heterocycles. The zero-order chi connectivity index (χ0) is 14.8. The van der Waals surface area contributed by atoms with Crippen molar-refractivity contribution in [2.75, 3.05) is 26.7 Å². The van der Waals surface area contributed by atoms with E-state index in [1.165, 1.54) is 10.8 Å². The Balaban J connectivity index is 1.79. The van der Waals surface area contributed by atoms with E-state index < -0.39 is 0 Å². The van der Waals surface area contributed by atoms with Gasteiger partial charge in [0.05, 0.1) is 10.7 Å². The molecule has 112 valence electrons. The molecule has 3 rings (SSSR count). The van der Waals surface area contributed by atoms with Gasteiger partial charge in [0.25, 0.3) is 5.56 Å². The second-order valence-electron chi connectivity index (χ2n) is 5.61. The number of hydrogen-bond acceptors (Lipinski definition) is 4. The van der Waals surface area contributed by atoms with Crippen molar-refractivity contribution in [3.63, 3.8) is 0 Å². The highest BCUT2D eigenvalue weighted by Gasteiger charge is 2.22. The molecule has 0 aliphatic carbocycles. The average molecular weight is 307 g/mol. The van der Waals surface area contributed by atoms with E-state index in [9.17, 15) is 4.79 Å². The molecule has 6 heteroatoms. The van der Waals surface area contributed by atoms with Gasteiger partial charge in [-0.15, -0.1) is 0 Å². The summed E-state index contributed by atoms with van der Waals surface area (Å²) < 4.78 is 1.49. The van der Waals surface area contributed by atoms with Gasteiger partial charge in [0, 0.05) is 25.4 Å². The third kappa shape index (κ3) is 3.26. The van der Waals surface area contributed by atoms with E-state index in [1.54, 1.807) is 24.4 Å². The van der Waals surface area contributed by atoms with Crippen molar-refractivity contribution >= 4 is 17.2 Å². The maximum Gasteiger partial charge on any atom is 0.258 e. The van der Waals surface area contributed by atoms with E-state index >= 15 is 0 Å². The zero-order valence-electron chi connectivity index (χ0n) is 12.1. The molecule has 3 heterocycles. The lowest BCUT2D eigenvalue weighted by atomic mass is 10.1. The smallest absolute Gasteiger partial charge is 0.258 e. The van der Waals surface area contributed by atoms with Gasteiger partial charge in [0.2, 0.25) is 0 Å². The summed E-state index contributed by atoms with van der Waals surface area (Å²) in [4.78, 5) is 19.0. The van der Waals surface area contributed by atoms with Crippen LogP contribution in [0.5, 0.6) is 0 Å². The van der Waals surface area contributed by atoms with E-state index in [2.05, 4.69) is 15.2 Å². The van der Waals surface area contributed by atoms with Gasteiger partial charge in [-0.25, -0.2) is 4.98 Å². The van der Waals surface area contributed by atoms with Crippen molar-refractivity contribution in [2.45, 2.75) is 13.0 Å². The second kappa shape index (κ2) is 6.13. The van der Waals surface area contributed by atoms with E-state index in [1.807, 2.05) is 7.05 Å². The van der Waals surface area contributed by atoms with Crippen molar-refractivity contribution < 1.29 is 0 Å². The number of likely N-dealkylation sites (tertiary alicyclic amines) is 1. The number of rotatable bonds is 4. The maximum absolute atomic E-state index is 12.1. The quantitative estimate of drug-likeness (QED) is 0.927. The molecule has 0 radical (unpaired) electrons. The molecule has 1 atom stereocenters. The van der Waals surface area contributed by atoms with E-state index in [-0.39, 0.29) is 5.56 Å². The van der Waals surface area contributed by atoms with Gasteiger partial charge in [-0.05, 0) is 44.6 Å². The molecule has 1 unspecified atom stereocenters. The number of aromatic nitrogens is 2. The number of nitrogens with zero attached hydrogens (tertiary/aromatic N) is 3. The van der Waals surface area contributed by atoms with Crippen LogP contribution < -0.4 is 10.9 Å². The largest absolute Gasteiger partial charge is 0.319 e. The van der Waals surface area contributed by atoms with Crippen LogP contribution in [-0.2, 0) is 6.54 Å². The van der Waals surface area contributed by atoms with Gasteiger partial charge in [-0.1, -0.05) is 11.6 Å². The molecule has 0 saturated carbocycles. The summed E-state index contributed by atoms with van der Waals surface area (Å²) in [7, 11) is 1.99. The lowest BCUT2D eigenvalue weighted by Gasteiger charge is -2.15. The Morgan fingerprint density at radius 2 is 2.33 bits per heavy atom. The number of pyridine rings is 1. The van der Waals surface area contributed by atoms with Crippen LogP contribution in [0.3, 0.4) is 0 Å². The molecule has 5 nitrogen and oxygen atoms in total. The first-order chi connectivity index (χ1) is 10.2. The summed E-state index contributed by atoms with van der Waals surface area (Å²) >= 11 is 5.91. The number of halogens is 1. The molecule has 0 bridgehead atoms. The minimum atomic E-state index is -0.0801. The number of fused-ring (bicyclic) bond motifs is 1. The van der Waals surface area contributed by atoms with Crippen molar-refractivity contribution in [3.05, 3.63) is 45.5 Å². The molecule has 0 amide bonds. The highest BCUT2D eigenvalue weighted by molar-refractivity contribution is 6.30. The average Bonchev–Trinajstić information content (AvgIpc) is 2.87. The molecule has 0 aromatic carbocycles. The molecule has 1 N–H and O–H groups in total. The van der Waals surface area contributed by atoms with Gasteiger partial charge in [-0.3, -0.25) is 14.1 Å². The van der Waals surface area contributed by atoms with Crippen molar-refractivity contribution in [3.8, 4) is 0 Å². The van der Waals surface area contributed by atoms with Crippen molar-refractivity contribution in [1.82, 2.24) is 19.6 Å². The SMILES string of the molecule is CNCC1CCN(Cc2cc(=O)n3cc(Cl)ccc3n2)C1. The normalized spacial score (nSPS) is 19.4. The molecular formula is C15H19ClN4O. The lowest BCUT2D eigenvalue weighted by Crippen LogP contribution is -2.26. The van der Waals surface area contributed by atoms with Gasteiger partial charge in [-0.2, -0.15) is 0 Å². The van der Waals surface area contributed by atoms with E-state index in [4.69, 9.17) is 11.6 Å². The fourth-order valence-electron chi connectivity index (χ4n) is 2.95. The third-order valence-corrected chi connectivity index (χ3v) is 4.15. The van der Waals surface area contributed by atoms with Crippen LogP contribution in [0.1, 0.15) is 12.1 Å². The van der Waals surface area contributed by atoms with Crippen LogP contribution >= 0.6 is 11.6 Å². The topological polar surface area (TPSA) is 49.6 Å². The lowest BCUT2D eigenvalue weighted by molar-refractivity contribution is 0.311. The van der Waals surface area contributed by atoms with Crippen LogP contribution in [0.2, 0.25) is 5.02 Å². The molecule has 2 aromatic rings. The Bertz CT molecular complexity index is 700. The summed E-state index contributed by atoms with van der Waals surface area (Å²) in [6.07, 6.45) is 2.80. The van der Waals surface area contributed by atoms with Gasteiger partial charge in [0.1, 0.15) is 5.65 Å². The summed E-state index contributed by atoms with van der Waals surface area (Å²) in [5.74, 6) is 0.690. The van der Waals surface area contributed by atoms with Gasteiger partial charge >= 0.3 is 0 Å². The predicted molar refractivity (Wildman–Crippen MR) is 83.8 cm³/mol. The van der Waals surface area contributed by atoms with Crippen LogP contribution in [0, 0.1) is 5.92 Å². The second-order valence-corrected chi connectivity index (χ2v) is 6.05. The Hall–Kier alpha value is -1.43. The number of hydrogen-bond donors (Lipinski definition) is 1. The first-order valence-corrected chi connectivity index (χ1v) is 7.58. The molecule has 0 spiro atoms. The minimum Gasteiger partial charge on any atom is -0.319 e. The number of nitrogens with one attached hydrogen (secondary N) is 1. The fraction of sp³-hybridized carbons (Fsp3) is 0.467. The maximum atomic E-state index is 12.1. The molecule has 1 saturated heterocycles. The van der Waals surface area contributed by atoms with Crippen LogP contribution in [0.4, 0.5) is 0 Å². The minimum absolute atomic E-state index is 0.0801. The predicted octanol–water partition coefficient (Wildman–Crippen LogP) is 1.39. The Labute approximate surface area is 128 Å². The van der Waals surface area contributed by atoms with Gasteiger partial charge < -0.3 is 5.32 Å². The zero-order valence-corrected chi connectivity index (χ0v) is 12.8. The summed E-state index contributed by atoms with van der Waals surface area (Å²) in [5.41, 5.74) is 1.39. The molecule has 1 aliphatic heterocycles. The Morgan fingerprint density at radius 3 is 3.14 bits per heavy atom. The van der Waals surface area contributed by atoms with Crippen molar-refractivity contribution in [2.24, 2.45) is 5.92 Å². The van der Waals surface area contributed by atoms with Gasteiger partial charge in [0.15, 0.2) is 0 Å². The standard InChI is InChI=1S/C15H19ClN4O/c1-17-7-11-4-5-19(8-11)10-13-6-15(21)20-9-12(16)2-3-14(20)18-13/h2-3,6,9,11,17H,4-5,7-8,10H2,1H3. The van der Waals surface area contributed by atoms with Crippen LogP contribution in [0.15, 0.2) is 29.2 Å². The molecule has 1 fully saturated rings. The highest BCUT2D eigenvalue weighted by atomic mass is 35.5. The Kier molecular flexibility index (Phi) is 4.24. The summed E-state index contributed by atoms with van der Waals surface area (Å²) in [6.45, 7) is 3.90. The molecule has 21 heavy (non-hydrogen) atoms. The summed E-state index contributed by atoms with van der Waals surface area (Å²) in [6, 6.07) is 5.14. The molecule has 1 aliphatic rings. The van der Waals surface area contributed by atoms with Crippen LogP contribution in [0.25, 0.3) is 5.65 Å². The fourth-order valence-corrected chi connectivity index (χ4v) is 3.11. The monoisotopic (exact) mass is 306 g/mol. The third-order valence-electron chi connectivity index (χ3n) is 3.92. The first-order valence-electron chi connectivity index (χ1n) is 7.20. The Morgan fingerprint density at radius 1 is 1.48 bits per heavy atom. The molecular weight excluding hydrogens is 288 g/mol. The van der Waals surface area contributed by atoms with Crippen molar-refractivity contribution in [1.29, 1.82) is 0 Å². The van der Waals surface area contributed by atoms with E-state index in [0.717, 1.165) is 31.9 Å².